The van der Waals surface area contributed by atoms with Gasteiger partial charge in [-0.2, -0.15) is 5.10 Å². The number of ether oxygens (including phenoxy) is 1. The van der Waals surface area contributed by atoms with Crippen molar-refractivity contribution < 1.29 is 4.74 Å². The van der Waals surface area contributed by atoms with Crippen LogP contribution in [0.1, 0.15) is 12.8 Å². The Bertz CT molecular complexity index is 906. The number of aromatic nitrogens is 3. The number of hydrogen-bond donors (Lipinski definition) is 1. The van der Waals surface area contributed by atoms with Gasteiger partial charge in [-0.3, -0.25) is 4.90 Å². The minimum absolute atomic E-state index is 0.542. The Labute approximate surface area is 146 Å². The third kappa shape index (κ3) is 2.72. The van der Waals surface area contributed by atoms with Crippen molar-refractivity contribution in [3.8, 4) is 16.9 Å². The van der Waals surface area contributed by atoms with Crippen LogP contribution < -0.4 is 10.1 Å². The van der Waals surface area contributed by atoms with Crippen LogP contribution >= 0.6 is 0 Å². The van der Waals surface area contributed by atoms with Crippen molar-refractivity contribution in [2.75, 3.05) is 31.6 Å². The number of hydrogen-bond acceptors (Lipinski definition) is 5. The van der Waals surface area contributed by atoms with E-state index in [9.17, 15) is 0 Å². The number of nitrogens with one attached hydrogen (secondary N) is 1. The molecule has 0 unspecified atom stereocenters. The fourth-order valence-corrected chi connectivity index (χ4v) is 3.85. The van der Waals surface area contributed by atoms with Crippen LogP contribution in [0.3, 0.4) is 0 Å². The van der Waals surface area contributed by atoms with Crippen LogP contribution in [0.5, 0.6) is 5.75 Å². The summed E-state index contributed by atoms with van der Waals surface area (Å²) in [7, 11) is 0. The molecule has 2 aliphatic rings. The molecule has 25 heavy (non-hydrogen) atoms. The molecule has 6 nitrogen and oxygen atoms in total. The molecule has 4 heterocycles. The smallest absolute Gasteiger partial charge is 0.165 e. The Kier molecular flexibility index (Phi) is 3.56. The first kappa shape index (κ1) is 14.7. The average Bonchev–Trinajstić information content (AvgIpc) is 3.26. The van der Waals surface area contributed by atoms with E-state index < -0.39 is 0 Å². The van der Waals surface area contributed by atoms with Gasteiger partial charge in [-0.1, -0.05) is 12.1 Å². The number of fused-ring (bicyclic) bond motifs is 5. The van der Waals surface area contributed by atoms with Crippen LogP contribution in [-0.4, -0.2) is 51.8 Å². The molecule has 128 valence electrons. The standard InChI is InChI=1S/C19H21N5O/c1-3-14-11-16(5-1)25-10-9-23-7-2-4-15(23)12-20-18-6-8-24-19(22-18)17(14)13-21-24/h1,3,5-6,8,11,13,15H,2,4,7,9-10,12H2,(H,20,22)/t15-/m0/s1. The van der Waals surface area contributed by atoms with Crippen LogP contribution in [0.2, 0.25) is 0 Å². The Morgan fingerprint density at radius 2 is 2.20 bits per heavy atom. The highest BCUT2D eigenvalue weighted by Gasteiger charge is 2.24. The minimum atomic E-state index is 0.542. The van der Waals surface area contributed by atoms with E-state index in [1.807, 2.05) is 35.1 Å². The molecule has 1 saturated heterocycles. The third-order valence-corrected chi connectivity index (χ3v) is 5.18. The molecule has 0 aliphatic carbocycles. The number of rotatable bonds is 0. The number of anilines is 1. The van der Waals surface area contributed by atoms with E-state index in [1.165, 1.54) is 12.8 Å². The Morgan fingerprint density at radius 3 is 3.20 bits per heavy atom. The molecule has 3 aromatic rings. The first-order chi connectivity index (χ1) is 12.4. The summed E-state index contributed by atoms with van der Waals surface area (Å²) in [4.78, 5) is 7.32. The summed E-state index contributed by atoms with van der Waals surface area (Å²) >= 11 is 0. The largest absolute Gasteiger partial charge is 0.492 e. The van der Waals surface area contributed by atoms with E-state index in [2.05, 4.69) is 27.4 Å². The van der Waals surface area contributed by atoms with Crippen molar-refractivity contribution in [1.29, 1.82) is 0 Å². The second kappa shape index (κ2) is 6.04. The lowest BCUT2D eigenvalue weighted by Gasteiger charge is -2.25. The van der Waals surface area contributed by atoms with Crippen molar-refractivity contribution >= 4 is 11.5 Å². The fourth-order valence-electron chi connectivity index (χ4n) is 3.85. The lowest BCUT2D eigenvalue weighted by atomic mass is 10.1. The quantitative estimate of drug-likeness (QED) is 0.684. The van der Waals surface area contributed by atoms with Gasteiger partial charge in [0.2, 0.25) is 0 Å². The molecule has 4 bridgehead atoms. The molecular formula is C19H21N5O. The van der Waals surface area contributed by atoms with Crippen LogP contribution in [-0.2, 0) is 0 Å². The van der Waals surface area contributed by atoms with E-state index >= 15 is 0 Å². The van der Waals surface area contributed by atoms with E-state index in [-0.39, 0.29) is 0 Å². The molecule has 1 N–H and O–H groups in total. The van der Waals surface area contributed by atoms with Gasteiger partial charge in [0, 0.05) is 30.9 Å². The Morgan fingerprint density at radius 1 is 1.20 bits per heavy atom. The van der Waals surface area contributed by atoms with Gasteiger partial charge < -0.3 is 10.1 Å². The van der Waals surface area contributed by atoms with Gasteiger partial charge in [0.25, 0.3) is 0 Å². The maximum absolute atomic E-state index is 6.02. The van der Waals surface area contributed by atoms with Crippen LogP contribution in [0, 0.1) is 0 Å². The molecule has 1 atom stereocenters. The first-order valence-electron chi connectivity index (χ1n) is 8.92. The Hall–Kier alpha value is -2.60. The molecule has 5 rings (SSSR count). The molecule has 2 aliphatic heterocycles. The summed E-state index contributed by atoms with van der Waals surface area (Å²) in [5.41, 5.74) is 2.96. The molecule has 0 radical (unpaired) electrons. The summed E-state index contributed by atoms with van der Waals surface area (Å²) in [6.07, 6.45) is 6.31. The molecule has 1 fully saturated rings. The van der Waals surface area contributed by atoms with E-state index in [1.54, 1.807) is 0 Å². The van der Waals surface area contributed by atoms with Gasteiger partial charge in [-0.25, -0.2) is 9.50 Å². The maximum atomic E-state index is 6.02. The highest BCUT2D eigenvalue weighted by Crippen LogP contribution is 2.28. The van der Waals surface area contributed by atoms with E-state index in [0.29, 0.717) is 12.6 Å². The molecule has 0 amide bonds. The molecule has 6 heteroatoms. The van der Waals surface area contributed by atoms with Crippen molar-refractivity contribution in [3.63, 3.8) is 0 Å². The number of nitrogens with zero attached hydrogens (tertiary/aromatic N) is 4. The molecule has 1 aromatic carbocycles. The van der Waals surface area contributed by atoms with Crippen LogP contribution in [0.4, 0.5) is 5.82 Å². The highest BCUT2D eigenvalue weighted by atomic mass is 16.5. The summed E-state index contributed by atoms with van der Waals surface area (Å²) in [6, 6.07) is 10.7. The predicted molar refractivity (Wildman–Crippen MR) is 97.0 cm³/mol. The fraction of sp³-hybridized carbons (Fsp3) is 0.368. The van der Waals surface area contributed by atoms with Crippen molar-refractivity contribution in [2.24, 2.45) is 0 Å². The van der Waals surface area contributed by atoms with Gasteiger partial charge >= 0.3 is 0 Å². The van der Waals surface area contributed by atoms with E-state index in [4.69, 9.17) is 9.72 Å². The normalized spacial score (nSPS) is 20.7. The third-order valence-electron chi connectivity index (χ3n) is 5.18. The van der Waals surface area contributed by atoms with Gasteiger partial charge in [-0.15, -0.1) is 0 Å². The second-order valence-electron chi connectivity index (χ2n) is 6.73. The zero-order chi connectivity index (χ0) is 16.6. The summed E-state index contributed by atoms with van der Waals surface area (Å²) < 4.78 is 7.84. The molecule has 0 spiro atoms. The molecule has 0 saturated carbocycles. The lowest BCUT2D eigenvalue weighted by molar-refractivity contribution is 0.201. The number of benzene rings is 1. The molecular weight excluding hydrogens is 314 g/mol. The zero-order valence-electron chi connectivity index (χ0n) is 14.1. The average molecular weight is 335 g/mol. The van der Waals surface area contributed by atoms with Gasteiger partial charge in [0.1, 0.15) is 18.2 Å². The van der Waals surface area contributed by atoms with Crippen LogP contribution in [0.25, 0.3) is 16.8 Å². The second-order valence-corrected chi connectivity index (χ2v) is 6.73. The minimum Gasteiger partial charge on any atom is -0.492 e. The van der Waals surface area contributed by atoms with Gasteiger partial charge in [-0.05, 0) is 43.1 Å². The lowest BCUT2D eigenvalue weighted by Crippen LogP contribution is -2.37. The maximum Gasteiger partial charge on any atom is 0.165 e. The zero-order valence-corrected chi connectivity index (χ0v) is 14.1. The van der Waals surface area contributed by atoms with E-state index in [0.717, 1.165) is 48.0 Å². The Balaban J connectivity index is 1.59. The molecule has 2 aromatic heterocycles. The predicted octanol–water partition coefficient (Wildman–Crippen LogP) is 2.67. The van der Waals surface area contributed by atoms with Crippen LogP contribution in [0.15, 0.2) is 42.7 Å². The van der Waals surface area contributed by atoms with Crippen molar-refractivity contribution in [2.45, 2.75) is 18.9 Å². The van der Waals surface area contributed by atoms with Crippen molar-refractivity contribution in [1.82, 2.24) is 19.5 Å². The summed E-state index contributed by atoms with van der Waals surface area (Å²) in [6.45, 7) is 3.74. The monoisotopic (exact) mass is 335 g/mol. The topological polar surface area (TPSA) is 54.7 Å². The SMILES string of the molecule is c1cc2cc(c1)-c1cnn3ccc(nc13)NC[C@@H]1CCCN1CCO2. The first-order valence-corrected chi connectivity index (χ1v) is 8.92. The summed E-state index contributed by atoms with van der Waals surface area (Å²) in [5.74, 6) is 1.81. The highest BCUT2D eigenvalue weighted by molar-refractivity contribution is 5.78. The summed E-state index contributed by atoms with van der Waals surface area (Å²) in [5, 5.41) is 7.95. The van der Waals surface area contributed by atoms with Crippen molar-refractivity contribution in [3.05, 3.63) is 42.7 Å². The van der Waals surface area contributed by atoms with Gasteiger partial charge in [0.05, 0.1) is 6.20 Å². The van der Waals surface area contributed by atoms with Gasteiger partial charge in [0.15, 0.2) is 5.65 Å².